The first-order valence-corrected chi connectivity index (χ1v) is 6.30. The summed E-state index contributed by atoms with van der Waals surface area (Å²) in [6.45, 7) is 0.331. The average Bonchev–Trinajstić information content (AvgIpc) is 2.67. The fourth-order valence-electron chi connectivity index (χ4n) is 2.17. The third-order valence-electron chi connectivity index (χ3n) is 3.20. The maximum absolute atomic E-state index is 11.9. The third-order valence-corrected chi connectivity index (χ3v) is 3.20. The van der Waals surface area contributed by atoms with Crippen LogP contribution in [0, 0.1) is 0 Å². The highest BCUT2D eigenvalue weighted by molar-refractivity contribution is 6.52. The number of ketones is 1. The van der Waals surface area contributed by atoms with E-state index in [2.05, 4.69) is 0 Å². The van der Waals surface area contributed by atoms with E-state index in [4.69, 9.17) is 9.84 Å². The standard InChI is InChI=1S/C14H15NO5/c1-20-9-5-6-10-11(8-9)15(14(19)13(10)18)7-3-2-4-12(16)17/h5-6,8H,2-4,7H2,1H3,(H,16,17). The number of Topliss-reactive ketones (excluding diaryl/α,β-unsaturated/α-hetero) is 1. The van der Waals surface area contributed by atoms with E-state index in [1.54, 1.807) is 18.2 Å². The van der Waals surface area contributed by atoms with Crippen LogP contribution in [-0.4, -0.2) is 36.4 Å². The van der Waals surface area contributed by atoms with E-state index in [-0.39, 0.29) is 6.42 Å². The van der Waals surface area contributed by atoms with Crippen LogP contribution in [0.15, 0.2) is 18.2 Å². The number of nitrogens with zero attached hydrogens (tertiary/aromatic N) is 1. The van der Waals surface area contributed by atoms with Gasteiger partial charge in [-0.15, -0.1) is 0 Å². The first-order chi connectivity index (χ1) is 9.54. The molecule has 6 heteroatoms. The Hall–Kier alpha value is -2.37. The molecule has 1 aliphatic rings. The minimum atomic E-state index is -0.865. The lowest BCUT2D eigenvalue weighted by atomic mass is 10.1. The molecule has 2 rings (SSSR count). The van der Waals surface area contributed by atoms with Gasteiger partial charge in [0, 0.05) is 19.0 Å². The molecule has 0 atom stereocenters. The average molecular weight is 277 g/mol. The van der Waals surface area contributed by atoms with E-state index in [1.807, 2.05) is 0 Å². The van der Waals surface area contributed by atoms with Gasteiger partial charge in [0.05, 0.1) is 18.4 Å². The zero-order chi connectivity index (χ0) is 14.7. The molecule has 0 spiro atoms. The monoisotopic (exact) mass is 277 g/mol. The molecule has 106 valence electrons. The van der Waals surface area contributed by atoms with Gasteiger partial charge in [-0.3, -0.25) is 14.4 Å². The highest BCUT2D eigenvalue weighted by Gasteiger charge is 2.35. The molecule has 0 saturated carbocycles. The first kappa shape index (κ1) is 14.0. The molecule has 0 aromatic heterocycles. The second-order valence-corrected chi connectivity index (χ2v) is 4.52. The Morgan fingerprint density at radius 3 is 2.70 bits per heavy atom. The van der Waals surface area contributed by atoms with Crippen LogP contribution >= 0.6 is 0 Å². The largest absolute Gasteiger partial charge is 0.497 e. The van der Waals surface area contributed by atoms with Gasteiger partial charge in [0.25, 0.3) is 11.7 Å². The van der Waals surface area contributed by atoms with Crippen molar-refractivity contribution < 1.29 is 24.2 Å². The van der Waals surface area contributed by atoms with Gasteiger partial charge in [-0.2, -0.15) is 0 Å². The summed E-state index contributed by atoms with van der Waals surface area (Å²) in [4.78, 5) is 35.6. The van der Waals surface area contributed by atoms with E-state index >= 15 is 0 Å². The lowest BCUT2D eigenvalue weighted by Crippen LogP contribution is -2.30. The summed E-state index contributed by atoms with van der Waals surface area (Å²) < 4.78 is 5.09. The number of carbonyl (C=O) groups is 3. The SMILES string of the molecule is COc1ccc2c(c1)N(CCCCC(=O)O)C(=O)C2=O. The van der Waals surface area contributed by atoms with E-state index in [9.17, 15) is 14.4 Å². The van der Waals surface area contributed by atoms with Crippen LogP contribution in [0.1, 0.15) is 29.6 Å². The van der Waals surface area contributed by atoms with Crippen molar-refractivity contribution in [3.05, 3.63) is 23.8 Å². The highest BCUT2D eigenvalue weighted by atomic mass is 16.5. The topological polar surface area (TPSA) is 83.9 Å². The van der Waals surface area contributed by atoms with Crippen LogP contribution in [0.3, 0.4) is 0 Å². The summed E-state index contributed by atoms with van der Waals surface area (Å²) in [7, 11) is 1.51. The van der Waals surface area contributed by atoms with Crippen LogP contribution in [-0.2, 0) is 9.59 Å². The number of anilines is 1. The van der Waals surface area contributed by atoms with Gasteiger partial charge in [0.15, 0.2) is 0 Å². The predicted octanol–water partition coefficient (Wildman–Crippen LogP) is 1.48. The van der Waals surface area contributed by atoms with Gasteiger partial charge in [-0.05, 0) is 25.0 Å². The van der Waals surface area contributed by atoms with Gasteiger partial charge in [0.2, 0.25) is 0 Å². The van der Waals surface area contributed by atoms with Crippen molar-refractivity contribution in [1.29, 1.82) is 0 Å². The molecule has 1 amide bonds. The van der Waals surface area contributed by atoms with Crippen LogP contribution < -0.4 is 9.64 Å². The van der Waals surface area contributed by atoms with Crippen molar-refractivity contribution in [3.63, 3.8) is 0 Å². The van der Waals surface area contributed by atoms with Crippen molar-refractivity contribution in [1.82, 2.24) is 0 Å². The van der Waals surface area contributed by atoms with Crippen molar-refractivity contribution in [2.45, 2.75) is 19.3 Å². The second-order valence-electron chi connectivity index (χ2n) is 4.52. The minimum absolute atomic E-state index is 0.0565. The van der Waals surface area contributed by atoms with E-state index in [0.717, 1.165) is 0 Å². The van der Waals surface area contributed by atoms with Gasteiger partial charge in [-0.1, -0.05) is 0 Å². The molecule has 0 bridgehead atoms. The van der Waals surface area contributed by atoms with Crippen LogP contribution in [0.5, 0.6) is 5.75 Å². The third kappa shape index (κ3) is 2.64. The summed E-state index contributed by atoms with van der Waals surface area (Å²) in [6, 6.07) is 4.86. The van der Waals surface area contributed by atoms with Crippen molar-refractivity contribution in [2.24, 2.45) is 0 Å². The number of rotatable bonds is 6. The van der Waals surface area contributed by atoms with Crippen molar-refractivity contribution >= 4 is 23.3 Å². The second kappa shape index (κ2) is 5.73. The minimum Gasteiger partial charge on any atom is -0.497 e. The number of carboxylic acid groups (broad SMARTS) is 1. The molecule has 6 nitrogen and oxygen atoms in total. The molecule has 1 aliphatic heterocycles. The Bertz CT molecular complexity index is 567. The van der Waals surface area contributed by atoms with Crippen molar-refractivity contribution in [2.75, 3.05) is 18.6 Å². The lowest BCUT2D eigenvalue weighted by molar-refractivity contribution is -0.137. The van der Waals surface area contributed by atoms with Gasteiger partial charge in [-0.25, -0.2) is 0 Å². The quantitative estimate of drug-likeness (QED) is 0.629. The highest BCUT2D eigenvalue weighted by Crippen LogP contribution is 2.32. The Kier molecular flexibility index (Phi) is 4.02. The zero-order valence-electron chi connectivity index (χ0n) is 11.1. The van der Waals surface area contributed by atoms with Crippen molar-refractivity contribution in [3.8, 4) is 5.75 Å². The molecule has 1 aromatic carbocycles. The molecule has 0 fully saturated rings. The number of ether oxygens (including phenoxy) is 1. The summed E-state index contributed by atoms with van der Waals surface area (Å²) in [5.41, 5.74) is 0.906. The smallest absolute Gasteiger partial charge is 0.303 e. The summed E-state index contributed by atoms with van der Waals surface area (Å²) in [5, 5.41) is 8.57. The van der Waals surface area contributed by atoms with Gasteiger partial charge >= 0.3 is 5.97 Å². The lowest BCUT2D eigenvalue weighted by Gasteiger charge is -2.16. The number of unbranched alkanes of at least 4 members (excludes halogenated alkanes) is 1. The molecular weight excluding hydrogens is 262 g/mol. The number of amides is 1. The molecule has 1 N–H and O–H groups in total. The Labute approximate surface area is 115 Å². The number of fused-ring (bicyclic) bond motifs is 1. The molecule has 1 aromatic rings. The molecule has 1 heterocycles. The molecule has 0 saturated heterocycles. The Balaban J connectivity index is 2.12. The van der Waals surface area contributed by atoms with Crippen LogP contribution in [0.4, 0.5) is 5.69 Å². The van der Waals surface area contributed by atoms with E-state index in [0.29, 0.717) is 36.4 Å². The van der Waals surface area contributed by atoms with Gasteiger partial charge < -0.3 is 14.7 Å². The first-order valence-electron chi connectivity index (χ1n) is 6.30. The molecule has 20 heavy (non-hydrogen) atoms. The van der Waals surface area contributed by atoms with Crippen LogP contribution in [0.25, 0.3) is 0 Å². The number of aliphatic carboxylic acids is 1. The molecular formula is C14H15NO5. The number of carbonyl (C=O) groups excluding carboxylic acids is 2. The fraction of sp³-hybridized carbons (Fsp3) is 0.357. The molecule has 0 unspecified atom stereocenters. The molecule has 0 aliphatic carbocycles. The number of hydrogen-bond donors (Lipinski definition) is 1. The fourth-order valence-corrected chi connectivity index (χ4v) is 2.17. The summed E-state index contributed by atoms with van der Waals surface area (Å²) in [5.74, 6) is -1.39. The number of benzene rings is 1. The van der Waals surface area contributed by atoms with Gasteiger partial charge in [0.1, 0.15) is 5.75 Å². The Morgan fingerprint density at radius 2 is 2.05 bits per heavy atom. The number of methoxy groups -OCH3 is 1. The normalized spacial score (nSPS) is 13.6. The number of carboxylic acids is 1. The number of hydrogen-bond acceptors (Lipinski definition) is 4. The maximum Gasteiger partial charge on any atom is 0.303 e. The van der Waals surface area contributed by atoms with Crippen LogP contribution in [0.2, 0.25) is 0 Å². The Morgan fingerprint density at radius 1 is 1.30 bits per heavy atom. The van der Waals surface area contributed by atoms with E-state index in [1.165, 1.54) is 12.0 Å². The summed E-state index contributed by atoms with van der Waals surface area (Å²) >= 11 is 0. The molecule has 0 radical (unpaired) electrons. The van der Waals surface area contributed by atoms with E-state index < -0.39 is 17.7 Å². The predicted molar refractivity (Wildman–Crippen MR) is 71.2 cm³/mol. The zero-order valence-corrected chi connectivity index (χ0v) is 11.1. The summed E-state index contributed by atoms with van der Waals surface area (Å²) in [6.07, 6.45) is 1.05. The maximum atomic E-state index is 11.9.